The molecular weight excluding hydrogens is 505 g/mol. The van der Waals surface area contributed by atoms with Gasteiger partial charge in [-0.1, -0.05) is 35.9 Å². The van der Waals surface area contributed by atoms with Crippen LogP contribution in [0.2, 0.25) is 0 Å². The first kappa shape index (κ1) is 23.7. The lowest BCUT2D eigenvalue weighted by atomic mass is 9.89. The van der Waals surface area contributed by atoms with Gasteiger partial charge < -0.3 is 24.4 Å². The van der Waals surface area contributed by atoms with Crippen molar-refractivity contribution in [2.24, 2.45) is 10.9 Å². The van der Waals surface area contributed by atoms with E-state index >= 15 is 0 Å². The third kappa shape index (κ3) is 5.83. The third-order valence-corrected chi connectivity index (χ3v) is 5.80. The Kier molecular flexibility index (Phi) is 8.43. The average Bonchev–Trinajstić information content (AvgIpc) is 3.23. The Balaban J connectivity index is 0.00000272. The Morgan fingerprint density at radius 2 is 1.90 bits per heavy atom. The van der Waals surface area contributed by atoms with E-state index in [-0.39, 0.29) is 30.1 Å². The quantitative estimate of drug-likeness (QED) is 0.346. The fourth-order valence-corrected chi connectivity index (χ4v) is 4.17. The van der Waals surface area contributed by atoms with Crippen molar-refractivity contribution in [1.82, 2.24) is 10.2 Å². The van der Waals surface area contributed by atoms with E-state index in [1.807, 2.05) is 19.2 Å². The number of nitrogens with zero attached hydrogens (tertiary/aromatic N) is 2. The van der Waals surface area contributed by atoms with Gasteiger partial charge in [-0.3, -0.25) is 4.99 Å². The second-order valence-electron chi connectivity index (χ2n) is 8.08. The van der Waals surface area contributed by atoms with Gasteiger partial charge >= 0.3 is 0 Å². The van der Waals surface area contributed by atoms with Gasteiger partial charge in [0.05, 0.1) is 6.10 Å². The van der Waals surface area contributed by atoms with E-state index in [0.29, 0.717) is 12.7 Å². The average molecular weight is 537 g/mol. The second-order valence-corrected chi connectivity index (χ2v) is 8.08. The maximum Gasteiger partial charge on any atom is 0.231 e. The summed E-state index contributed by atoms with van der Waals surface area (Å²) >= 11 is 0. The number of hydrogen-bond acceptors (Lipinski definition) is 4. The minimum absolute atomic E-state index is 0. The van der Waals surface area contributed by atoms with Crippen molar-refractivity contribution in [3.63, 3.8) is 0 Å². The summed E-state index contributed by atoms with van der Waals surface area (Å²) in [5, 5.41) is 3.56. The molecule has 2 aliphatic heterocycles. The van der Waals surface area contributed by atoms with E-state index in [4.69, 9.17) is 14.2 Å². The van der Waals surface area contributed by atoms with Gasteiger partial charge in [-0.2, -0.15) is 0 Å². The Bertz CT molecular complexity index is 888. The van der Waals surface area contributed by atoms with E-state index in [1.54, 1.807) is 0 Å². The first-order chi connectivity index (χ1) is 14.6. The number of benzene rings is 2. The SMILES string of the molecule is CN=C(NCC1CCCOC1c1ccc(C)cc1)N(C)Cc1ccc2c(c1)OCO2.I. The molecule has 2 heterocycles. The number of nitrogens with one attached hydrogen (secondary N) is 1. The van der Waals surface area contributed by atoms with Crippen LogP contribution in [0, 0.1) is 12.8 Å². The normalized spacial score (nSPS) is 20.2. The summed E-state index contributed by atoms with van der Waals surface area (Å²) in [5.74, 6) is 2.91. The van der Waals surface area contributed by atoms with Crippen molar-refractivity contribution in [1.29, 1.82) is 0 Å². The lowest BCUT2D eigenvalue weighted by Crippen LogP contribution is -2.42. The zero-order chi connectivity index (χ0) is 20.9. The highest BCUT2D eigenvalue weighted by molar-refractivity contribution is 14.0. The standard InChI is InChI=1S/C24H31N3O3.HI/c1-17-6-9-19(10-7-17)23-20(5-4-12-28-23)14-26-24(25-2)27(3)15-18-8-11-21-22(13-18)30-16-29-21;/h6-11,13,20,23H,4-5,12,14-16H2,1-3H3,(H,25,26);1H. The molecule has 4 rings (SSSR count). The molecule has 0 aromatic heterocycles. The topological polar surface area (TPSA) is 55.3 Å². The first-order valence-corrected chi connectivity index (χ1v) is 10.6. The molecule has 2 atom stereocenters. The van der Waals surface area contributed by atoms with Crippen LogP contribution in [0.3, 0.4) is 0 Å². The Morgan fingerprint density at radius 1 is 1.13 bits per heavy atom. The summed E-state index contributed by atoms with van der Waals surface area (Å²) < 4.78 is 17.1. The van der Waals surface area contributed by atoms with Gasteiger partial charge in [0.15, 0.2) is 17.5 Å². The number of hydrogen-bond donors (Lipinski definition) is 1. The zero-order valence-electron chi connectivity index (χ0n) is 18.5. The molecule has 7 heteroatoms. The van der Waals surface area contributed by atoms with Crippen molar-refractivity contribution in [2.75, 3.05) is 34.0 Å². The molecule has 0 spiro atoms. The molecule has 2 aromatic carbocycles. The molecule has 0 bridgehead atoms. The largest absolute Gasteiger partial charge is 0.454 e. The molecule has 0 aliphatic carbocycles. The Labute approximate surface area is 202 Å². The van der Waals surface area contributed by atoms with E-state index < -0.39 is 0 Å². The van der Waals surface area contributed by atoms with Crippen molar-refractivity contribution >= 4 is 29.9 Å². The predicted molar refractivity (Wildman–Crippen MR) is 133 cm³/mol. The zero-order valence-corrected chi connectivity index (χ0v) is 20.8. The highest BCUT2D eigenvalue weighted by atomic mass is 127. The van der Waals surface area contributed by atoms with Crippen LogP contribution >= 0.6 is 24.0 Å². The summed E-state index contributed by atoms with van der Waals surface area (Å²) in [4.78, 5) is 6.61. The third-order valence-electron chi connectivity index (χ3n) is 5.80. The van der Waals surface area contributed by atoms with Gasteiger partial charge in [-0.15, -0.1) is 24.0 Å². The lowest BCUT2D eigenvalue weighted by molar-refractivity contribution is -0.0266. The van der Waals surface area contributed by atoms with Gasteiger partial charge in [0, 0.05) is 39.7 Å². The number of guanidine groups is 1. The van der Waals surface area contributed by atoms with E-state index in [9.17, 15) is 0 Å². The van der Waals surface area contributed by atoms with Crippen LogP contribution in [0.4, 0.5) is 0 Å². The maximum atomic E-state index is 6.16. The van der Waals surface area contributed by atoms with E-state index in [1.165, 1.54) is 11.1 Å². The molecule has 2 aliphatic rings. The monoisotopic (exact) mass is 537 g/mol. The maximum absolute atomic E-state index is 6.16. The van der Waals surface area contributed by atoms with Crippen LogP contribution < -0.4 is 14.8 Å². The Hall–Kier alpha value is -2.00. The van der Waals surface area contributed by atoms with Crippen molar-refractivity contribution in [3.8, 4) is 11.5 Å². The molecule has 2 unspecified atom stereocenters. The fraction of sp³-hybridized carbons (Fsp3) is 0.458. The molecule has 6 nitrogen and oxygen atoms in total. The molecular formula is C24H32IN3O3. The van der Waals surface area contributed by atoms with E-state index in [0.717, 1.165) is 55.6 Å². The van der Waals surface area contributed by atoms with Gasteiger partial charge in [0.25, 0.3) is 0 Å². The van der Waals surface area contributed by atoms with Crippen molar-refractivity contribution < 1.29 is 14.2 Å². The summed E-state index contributed by atoms with van der Waals surface area (Å²) in [7, 11) is 3.88. The van der Waals surface area contributed by atoms with Gasteiger partial charge in [-0.25, -0.2) is 0 Å². The minimum Gasteiger partial charge on any atom is -0.454 e. The van der Waals surface area contributed by atoms with Crippen molar-refractivity contribution in [2.45, 2.75) is 32.4 Å². The summed E-state index contributed by atoms with van der Waals surface area (Å²) in [5.41, 5.74) is 3.69. The summed E-state index contributed by atoms with van der Waals surface area (Å²) in [6.07, 6.45) is 2.37. The van der Waals surface area contributed by atoms with Crippen LogP contribution in [0.25, 0.3) is 0 Å². The molecule has 168 valence electrons. The summed E-state index contributed by atoms with van der Waals surface area (Å²) in [6.45, 7) is 4.80. The molecule has 0 saturated carbocycles. The van der Waals surface area contributed by atoms with Gasteiger partial charge in [0.2, 0.25) is 6.79 Å². The molecule has 31 heavy (non-hydrogen) atoms. The minimum atomic E-state index is 0. The van der Waals surface area contributed by atoms with E-state index in [2.05, 4.69) is 59.5 Å². The first-order valence-electron chi connectivity index (χ1n) is 10.6. The number of aryl methyl sites for hydroxylation is 1. The predicted octanol–water partition coefficient (Wildman–Crippen LogP) is 4.52. The highest BCUT2D eigenvalue weighted by Gasteiger charge is 2.28. The Morgan fingerprint density at radius 3 is 2.68 bits per heavy atom. The molecule has 2 aromatic rings. The van der Waals surface area contributed by atoms with Crippen LogP contribution in [-0.4, -0.2) is 44.9 Å². The highest BCUT2D eigenvalue weighted by Crippen LogP contribution is 2.34. The van der Waals surface area contributed by atoms with Gasteiger partial charge in [0.1, 0.15) is 0 Å². The molecule has 1 saturated heterocycles. The number of fused-ring (bicyclic) bond motifs is 1. The molecule has 1 N–H and O–H groups in total. The smallest absolute Gasteiger partial charge is 0.231 e. The van der Waals surface area contributed by atoms with Crippen LogP contribution in [0.5, 0.6) is 11.5 Å². The molecule has 0 amide bonds. The van der Waals surface area contributed by atoms with Crippen LogP contribution in [-0.2, 0) is 11.3 Å². The molecule has 0 radical (unpaired) electrons. The number of rotatable bonds is 5. The lowest BCUT2D eigenvalue weighted by Gasteiger charge is -2.33. The van der Waals surface area contributed by atoms with Crippen molar-refractivity contribution in [3.05, 3.63) is 59.2 Å². The second kappa shape index (κ2) is 11.0. The summed E-state index contributed by atoms with van der Waals surface area (Å²) in [6, 6.07) is 14.8. The van der Waals surface area contributed by atoms with Gasteiger partial charge in [-0.05, 0) is 43.0 Å². The van der Waals surface area contributed by atoms with Crippen LogP contribution in [0.15, 0.2) is 47.5 Å². The molecule has 1 fully saturated rings. The fourth-order valence-electron chi connectivity index (χ4n) is 4.17. The number of halogens is 1. The van der Waals surface area contributed by atoms with Crippen LogP contribution in [0.1, 0.15) is 35.6 Å². The number of aliphatic imine (C=N–C) groups is 1. The number of ether oxygens (including phenoxy) is 3.